The number of carbonyl (C=O) groups excluding carboxylic acids is 1. The van der Waals surface area contributed by atoms with Crippen LogP contribution in [0.25, 0.3) is 0 Å². The maximum absolute atomic E-state index is 13.1. The zero-order valence-electron chi connectivity index (χ0n) is 10.8. The normalized spacial score (nSPS) is 10.2. The lowest BCUT2D eigenvalue weighted by atomic mass is 10.2. The summed E-state index contributed by atoms with van der Waals surface area (Å²) in [5, 5.41) is 5.87. The van der Waals surface area contributed by atoms with E-state index in [9.17, 15) is 9.18 Å². The van der Waals surface area contributed by atoms with Gasteiger partial charge in [-0.25, -0.2) is 4.39 Å². The monoisotopic (exact) mass is 254 g/mol. The van der Waals surface area contributed by atoms with Crippen LogP contribution in [0, 0.1) is 5.82 Å². The smallest absolute Gasteiger partial charge is 0.255 e. The zero-order chi connectivity index (χ0) is 13.4. The van der Waals surface area contributed by atoms with Crippen molar-refractivity contribution in [2.75, 3.05) is 26.7 Å². The molecule has 0 aliphatic heterocycles. The van der Waals surface area contributed by atoms with Crippen molar-refractivity contribution in [3.05, 3.63) is 29.6 Å². The molecule has 1 aromatic carbocycles. The Morgan fingerprint density at radius 2 is 2.11 bits per heavy atom. The van der Waals surface area contributed by atoms with Crippen LogP contribution in [0.3, 0.4) is 0 Å². The molecule has 100 valence electrons. The van der Waals surface area contributed by atoms with Gasteiger partial charge in [-0.15, -0.1) is 0 Å². The molecule has 2 N–H and O–H groups in total. The van der Waals surface area contributed by atoms with E-state index in [4.69, 9.17) is 4.74 Å². The van der Waals surface area contributed by atoms with Crippen molar-refractivity contribution < 1.29 is 13.9 Å². The number of methoxy groups -OCH3 is 1. The second kappa shape index (κ2) is 7.66. The molecule has 0 saturated carbocycles. The quantitative estimate of drug-likeness (QED) is 0.726. The van der Waals surface area contributed by atoms with E-state index in [2.05, 4.69) is 17.6 Å². The largest absolute Gasteiger partial charge is 0.496 e. The third-order valence-electron chi connectivity index (χ3n) is 2.42. The van der Waals surface area contributed by atoms with Crippen LogP contribution in [0.5, 0.6) is 5.75 Å². The second-order valence-corrected chi connectivity index (χ2v) is 3.85. The number of nitrogens with one attached hydrogen (secondary N) is 2. The van der Waals surface area contributed by atoms with Gasteiger partial charge in [0.25, 0.3) is 5.91 Å². The molecule has 1 aromatic rings. The average Bonchev–Trinajstić information content (AvgIpc) is 2.38. The van der Waals surface area contributed by atoms with E-state index in [0.717, 1.165) is 13.0 Å². The molecule has 0 heterocycles. The Labute approximate surface area is 107 Å². The standard InChI is InChI=1S/C13H19FN2O2/c1-3-6-15-7-8-16-13(17)11-9-10(14)4-5-12(11)18-2/h4-5,9,15H,3,6-8H2,1-2H3,(H,16,17). The van der Waals surface area contributed by atoms with Crippen molar-refractivity contribution in [2.24, 2.45) is 0 Å². The second-order valence-electron chi connectivity index (χ2n) is 3.85. The summed E-state index contributed by atoms with van der Waals surface area (Å²) < 4.78 is 18.1. The van der Waals surface area contributed by atoms with E-state index in [-0.39, 0.29) is 11.5 Å². The van der Waals surface area contributed by atoms with Crippen LogP contribution < -0.4 is 15.4 Å². The van der Waals surface area contributed by atoms with Crippen LogP contribution in [-0.2, 0) is 0 Å². The Hall–Kier alpha value is -1.62. The maximum Gasteiger partial charge on any atom is 0.255 e. The molecule has 0 radical (unpaired) electrons. The predicted molar refractivity (Wildman–Crippen MR) is 68.4 cm³/mol. The lowest BCUT2D eigenvalue weighted by molar-refractivity contribution is 0.0950. The molecular formula is C13H19FN2O2. The molecule has 0 unspecified atom stereocenters. The molecular weight excluding hydrogens is 235 g/mol. The highest BCUT2D eigenvalue weighted by Gasteiger charge is 2.12. The zero-order valence-corrected chi connectivity index (χ0v) is 10.8. The van der Waals surface area contributed by atoms with E-state index in [0.29, 0.717) is 18.8 Å². The highest BCUT2D eigenvalue weighted by atomic mass is 19.1. The van der Waals surface area contributed by atoms with Crippen molar-refractivity contribution in [3.63, 3.8) is 0 Å². The molecule has 0 spiro atoms. The summed E-state index contributed by atoms with van der Waals surface area (Å²) in [6.45, 7) is 4.18. The van der Waals surface area contributed by atoms with E-state index < -0.39 is 5.82 Å². The number of benzene rings is 1. The van der Waals surface area contributed by atoms with E-state index in [1.807, 2.05) is 0 Å². The molecule has 0 bridgehead atoms. The number of amides is 1. The van der Waals surface area contributed by atoms with Crippen molar-refractivity contribution >= 4 is 5.91 Å². The van der Waals surface area contributed by atoms with Crippen LogP contribution in [-0.4, -0.2) is 32.7 Å². The number of carbonyl (C=O) groups is 1. The minimum atomic E-state index is -0.454. The Kier molecular flexibility index (Phi) is 6.14. The highest BCUT2D eigenvalue weighted by Crippen LogP contribution is 2.18. The maximum atomic E-state index is 13.1. The summed E-state index contributed by atoms with van der Waals surface area (Å²) in [5.74, 6) is -0.412. The van der Waals surface area contributed by atoms with Crippen LogP contribution in [0.1, 0.15) is 23.7 Å². The van der Waals surface area contributed by atoms with Crippen LogP contribution in [0.4, 0.5) is 4.39 Å². The molecule has 1 amide bonds. The SMILES string of the molecule is CCCNCCNC(=O)c1cc(F)ccc1OC. The number of hydrogen-bond donors (Lipinski definition) is 2. The van der Waals surface area contributed by atoms with Crippen LogP contribution in [0.15, 0.2) is 18.2 Å². The third-order valence-corrected chi connectivity index (χ3v) is 2.42. The number of rotatable bonds is 7. The molecule has 1 rings (SSSR count). The Balaban J connectivity index is 2.52. The molecule has 0 aliphatic rings. The van der Waals surface area contributed by atoms with Gasteiger partial charge < -0.3 is 15.4 Å². The van der Waals surface area contributed by atoms with Gasteiger partial charge >= 0.3 is 0 Å². The Morgan fingerprint density at radius 3 is 2.78 bits per heavy atom. The van der Waals surface area contributed by atoms with Crippen molar-refractivity contribution in [1.82, 2.24) is 10.6 Å². The first-order chi connectivity index (χ1) is 8.69. The first-order valence-electron chi connectivity index (χ1n) is 6.01. The summed E-state index contributed by atoms with van der Waals surface area (Å²) in [6.07, 6.45) is 1.05. The third kappa shape index (κ3) is 4.33. The molecule has 5 heteroatoms. The lowest BCUT2D eigenvalue weighted by Crippen LogP contribution is -2.32. The molecule has 0 aliphatic carbocycles. The van der Waals surface area contributed by atoms with Gasteiger partial charge in [-0.2, -0.15) is 0 Å². The minimum absolute atomic E-state index is 0.216. The Bertz CT molecular complexity index is 397. The van der Waals surface area contributed by atoms with E-state index in [1.54, 1.807) is 0 Å². The summed E-state index contributed by atoms with van der Waals surface area (Å²) in [7, 11) is 1.45. The molecule has 18 heavy (non-hydrogen) atoms. The number of ether oxygens (including phenoxy) is 1. The summed E-state index contributed by atoms with van der Waals surface area (Å²) >= 11 is 0. The molecule has 0 atom stereocenters. The highest BCUT2D eigenvalue weighted by molar-refractivity contribution is 5.96. The van der Waals surface area contributed by atoms with E-state index >= 15 is 0 Å². The summed E-state index contributed by atoms with van der Waals surface area (Å²) in [5.41, 5.74) is 0.216. The van der Waals surface area contributed by atoms with Gasteiger partial charge in [0.05, 0.1) is 12.7 Å². The topological polar surface area (TPSA) is 50.4 Å². The predicted octanol–water partition coefficient (Wildman–Crippen LogP) is 1.56. The molecule has 0 saturated heterocycles. The van der Waals surface area contributed by atoms with Crippen LogP contribution in [0.2, 0.25) is 0 Å². The molecule has 4 nitrogen and oxygen atoms in total. The van der Waals surface area contributed by atoms with Crippen molar-refractivity contribution in [2.45, 2.75) is 13.3 Å². The molecule has 0 fully saturated rings. The fourth-order valence-corrected chi connectivity index (χ4v) is 1.52. The first-order valence-corrected chi connectivity index (χ1v) is 6.01. The van der Waals surface area contributed by atoms with Crippen molar-refractivity contribution in [1.29, 1.82) is 0 Å². The van der Waals surface area contributed by atoms with Crippen molar-refractivity contribution in [3.8, 4) is 5.75 Å². The van der Waals surface area contributed by atoms with Crippen LogP contribution >= 0.6 is 0 Å². The van der Waals surface area contributed by atoms with Gasteiger partial charge in [-0.05, 0) is 31.2 Å². The first kappa shape index (κ1) is 14.4. The average molecular weight is 254 g/mol. The van der Waals surface area contributed by atoms with Gasteiger partial charge in [-0.3, -0.25) is 4.79 Å². The van der Waals surface area contributed by atoms with E-state index in [1.165, 1.54) is 25.3 Å². The van der Waals surface area contributed by atoms with Gasteiger partial charge in [0.2, 0.25) is 0 Å². The number of halogens is 1. The van der Waals surface area contributed by atoms with Gasteiger partial charge in [0, 0.05) is 13.1 Å². The van der Waals surface area contributed by atoms with Gasteiger partial charge in [0.1, 0.15) is 11.6 Å². The van der Waals surface area contributed by atoms with Gasteiger partial charge in [-0.1, -0.05) is 6.92 Å². The summed E-state index contributed by atoms with van der Waals surface area (Å²) in [6, 6.07) is 3.88. The fraction of sp³-hybridized carbons (Fsp3) is 0.462. The molecule has 0 aromatic heterocycles. The fourth-order valence-electron chi connectivity index (χ4n) is 1.52. The Morgan fingerprint density at radius 1 is 1.33 bits per heavy atom. The number of hydrogen-bond acceptors (Lipinski definition) is 3. The van der Waals surface area contributed by atoms with Gasteiger partial charge in [0.15, 0.2) is 0 Å². The lowest BCUT2D eigenvalue weighted by Gasteiger charge is -2.09. The minimum Gasteiger partial charge on any atom is -0.496 e. The summed E-state index contributed by atoms with van der Waals surface area (Å²) in [4.78, 5) is 11.8.